The van der Waals surface area contributed by atoms with Crippen molar-refractivity contribution in [3.63, 3.8) is 0 Å². The van der Waals surface area contributed by atoms with Gasteiger partial charge in [-0.1, -0.05) is 18.2 Å². The van der Waals surface area contributed by atoms with Crippen LogP contribution in [0.1, 0.15) is 64.5 Å². The molecular formula is C31H34N4O6. The SMILES string of the molecule is COc1ccc2c(c1OC)C(=O)N1c3ccccc3C(=O)N(CCC(=O)N3C[C@H]4C[C@@H](C3)[C@H]3CCCC(=O)N3C4)[C@@H]21. The molecule has 2 aromatic rings. The minimum Gasteiger partial charge on any atom is -0.493 e. The van der Waals surface area contributed by atoms with Crippen LogP contribution < -0.4 is 14.4 Å². The molecule has 0 aliphatic carbocycles. The van der Waals surface area contributed by atoms with E-state index in [0.29, 0.717) is 59.3 Å². The maximum absolute atomic E-state index is 13.9. The second-order valence-corrected chi connectivity index (χ2v) is 11.7. The van der Waals surface area contributed by atoms with Crippen molar-refractivity contribution >= 4 is 29.3 Å². The number of methoxy groups -OCH3 is 2. The summed E-state index contributed by atoms with van der Waals surface area (Å²) < 4.78 is 11.1. The number of hydrogen-bond acceptors (Lipinski definition) is 6. The number of likely N-dealkylation sites (tertiary alicyclic amines) is 1. The first-order chi connectivity index (χ1) is 19.9. The smallest absolute Gasteiger partial charge is 0.264 e. The van der Waals surface area contributed by atoms with Gasteiger partial charge in [0.2, 0.25) is 11.8 Å². The molecule has 4 amide bonds. The number of piperidine rings is 3. The Hall–Kier alpha value is -4.08. The largest absolute Gasteiger partial charge is 0.493 e. The van der Waals surface area contributed by atoms with Crippen LogP contribution in [-0.2, 0) is 9.59 Å². The van der Waals surface area contributed by atoms with E-state index in [2.05, 4.69) is 4.90 Å². The minimum atomic E-state index is -0.685. The summed E-state index contributed by atoms with van der Waals surface area (Å²) in [4.78, 5) is 61.2. The molecule has 10 nitrogen and oxygen atoms in total. The highest BCUT2D eigenvalue weighted by Crippen LogP contribution is 2.49. The summed E-state index contributed by atoms with van der Waals surface area (Å²) in [5, 5.41) is 0. The predicted molar refractivity (Wildman–Crippen MR) is 149 cm³/mol. The number of nitrogens with zero attached hydrogens (tertiary/aromatic N) is 4. The van der Waals surface area contributed by atoms with E-state index >= 15 is 0 Å². The van der Waals surface area contributed by atoms with Crippen molar-refractivity contribution in [3.05, 3.63) is 53.1 Å². The molecule has 0 aromatic heterocycles. The maximum Gasteiger partial charge on any atom is 0.264 e. The van der Waals surface area contributed by atoms with Gasteiger partial charge in [-0.3, -0.25) is 24.1 Å². The van der Waals surface area contributed by atoms with Gasteiger partial charge in [-0.15, -0.1) is 0 Å². The molecule has 10 heteroatoms. The van der Waals surface area contributed by atoms with E-state index in [1.165, 1.54) is 14.2 Å². The molecule has 41 heavy (non-hydrogen) atoms. The lowest BCUT2D eigenvalue weighted by Gasteiger charge is -2.52. The van der Waals surface area contributed by atoms with Gasteiger partial charge in [0.15, 0.2) is 11.5 Å². The summed E-state index contributed by atoms with van der Waals surface area (Å²) in [5.74, 6) is 1.14. The Labute approximate surface area is 238 Å². The Bertz CT molecular complexity index is 1460. The molecule has 214 valence electrons. The highest BCUT2D eigenvalue weighted by Gasteiger charge is 2.50. The molecule has 0 N–H and O–H groups in total. The van der Waals surface area contributed by atoms with Crippen molar-refractivity contribution in [2.24, 2.45) is 11.8 Å². The average Bonchev–Trinajstić information content (AvgIpc) is 3.29. The molecule has 0 radical (unpaired) electrons. The van der Waals surface area contributed by atoms with Crippen LogP contribution in [0.25, 0.3) is 0 Å². The fourth-order valence-corrected chi connectivity index (χ4v) is 7.84. The van der Waals surface area contributed by atoms with Crippen LogP contribution in [0.4, 0.5) is 5.69 Å². The van der Waals surface area contributed by atoms with Crippen molar-refractivity contribution in [3.8, 4) is 11.5 Å². The predicted octanol–water partition coefficient (Wildman–Crippen LogP) is 3.07. The van der Waals surface area contributed by atoms with Crippen LogP contribution >= 0.6 is 0 Å². The molecule has 5 heterocycles. The Morgan fingerprint density at radius 2 is 1.80 bits per heavy atom. The number of rotatable bonds is 5. The zero-order valence-corrected chi connectivity index (χ0v) is 23.4. The molecule has 2 bridgehead atoms. The summed E-state index contributed by atoms with van der Waals surface area (Å²) >= 11 is 0. The molecule has 5 aliphatic rings. The number of para-hydroxylation sites is 1. The van der Waals surface area contributed by atoms with Crippen molar-refractivity contribution in [1.82, 2.24) is 14.7 Å². The van der Waals surface area contributed by atoms with Crippen LogP contribution in [0.2, 0.25) is 0 Å². The summed E-state index contributed by atoms with van der Waals surface area (Å²) in [7, 11) is 3.01. The Morgan fingerprint density at radius 3 is 2.61 bits per heavy atom. The molecule has 7 rings (SSSR count). The average molecular weight is 559 g/mol. The Morgan fingerprint density at radius 1 is 0.976 bits per heavy atom. The lowest BCUT2D eigenvalue weighted by molar-refractivity contribution is -0.148. The number of carbonyl (C=O) groups is 4. The van der Waals surface area contributed by atoms with Gasteiger partial charge in [0.05, 0.1) is 31.0 Å². The molecular weight excluding hydrogens is 524 g/mol. The quantitative estimate of drug-likeness (QED) is 0.560. The van der Waals surface area contributed by atoms with Gasteiger partial charge in [-0.05, 0) is 49.3 Å². The number of amides is 4. The van der Waals surface area contributed by atoms with Crippen molar-refractivity contribution < 1.29 is 28.7 Å². The van der Waals surface area contributed by atoms with Crippen molar-refractivity contribution in [2.75, 3.05) is 45.3 Å². The standard InChI is InChI=1S/C31H34N4O6/c1-40-24-11-10-21-27(28(24)41-2)31(39)35-23-7-4-3-6-20(23)30(38)33(29(21)35)13-12-25(36)32-15-18-14-19(17-32)22-8-5-9-26(37)34(22)16-18/h3-4,6-7,10-11,18-19,22,29H,5,8-9,12-17H2,1-2H3/t18-,19+,22-,29-/m1/s1. The van der Waals surface area contributed by atoms with Crippen LogP contribution in [0.3, 0.4) is 0 Å². The van der Waals surface area contributed by atoms with Gasteiger partial charge < -0.3 is 24.2 Å². The van der Waals surface area contributed by atoms with Gasteiger partial charge in [0.25, 0.3) is 11.8 Å². The monoisotopic (exact) mass is 558 g/mol. The first-order valence-electron chi connectivity index (χ1n) is 14.5. The number of carbonyl (C=O) groups excluding carboxylic acids is 4. The minimum absolute atomic E-state index is 0.00496. The van der Waals surface area contributed by atoms with Gasteiger partial charge in [-0.25, -0.2) is 0 Å². The van der Waals surface area contributed by atoms with E-state index in [0.717, 1.165) is 25.8 Å². The van der Waals surface area contributed by atoms with Crippen LogP contribution in [0, 0.1) is 11.8 Å². The third-order valence-electron chi connectivity index (χ3n) is 9.58. The first kappa shape index (κ1) is 25.9. The van der Waals surface area contributed by atoms with Crippen LogP contribution in [0.5, 0.6) is 11.5 Å². The summed E-state index contributed by atoms with van der Waals surface area (Å²) in [5.41, 5.74) is 1.99. The maximum atomic E-state index is 13.9. The molecule has 3 saturated heterocycles. The molecule has 0 spiro atoms. The van der Waals surface area contributed by atoms with E-state index < -0.39 is 6.17 Å². The van der Waals surface area contributed by atoms with Crippen molar-refractivity contribution in [1.29, 1.82) is 0 Å². The Balaban J connectivity index is 1.16. The molecule has 0 saturated carbocycles. The Kier molecular flexibility index (Phi) is 6.17. The fourth-order valence-electron chi connectivity index (χ4n) is 7.84. The topological polar surface area (TPSA) is 99.7 Å². The van der Waals surface area contributed by atoms with Crippen LogP contribution in [-0.4, -0.2) is 84.8 Å². The number of fused-ring (bicyclic) bond motifs is 9. The summed E-state index contributed by atoms with van der Waals surface area (Å²) in [6.45, 7) is 2.19. The van der Waals surface area contributed by atoms with Crippen molar-refractivity contribution in [2.45, 2.75) is 44.3 Å². The third kappa shape index (κ3) is 3.90. The van der Waals surface area contributed by atoms with Gasteiger partial charge >= 0.3 is 0 Å². The zero-order chi connectivity index (χ0) is 28.4. The second kappa shape index (κ2) is 9.78. The van der Waals surface area contributed by atoms with E-state index in [1.807, 2.05) is 11.0 Å². The highest BCUT2D eigenvalue weighted by atomic mass is 16.5. The van der Waals surface area contributed by atoms with E-state index in [4.69, 9.17) is 9.47 Å². The zero-order valence-electron chi connectivity index (χ0n) is 23.4. The third-order valence-corrected chi connectivity index (χ3v) is 9.58. The molecule has 5 aliphatic heterocycles. The first-order valence-corrected chi connectivity index (χ1v) is 14.5. The van der Waals surface area contributed by atoms with Gasteiger partial charge in [0.1, 0.15) is 6.17 Å². The van der Waals surface area contributed by atoms with Gasteiger partial charge in [-0.2, -0.15) is 0 Å². The van der Waals surface area contributed by atoms with E-state index in [-0.39, 0.29) is 48.6 Å². The molecule has 0 unspecified atom stereocenters. The van der Waals surface area contributed by atoms with Crippen LogP contribution in [0.15, 0.2) is 36.4 Å². The lowest BCUT2D eigenvalue weighted by atomic mass is 9.76. The fraction of sp³-hybridized carbons (Fsp3) is 0.484. The summed E-state index contributed by atoms with van der Waals surface area (Å²) in [6, 6.07) is 10.9. The second-order valence-electron chi connectivity index (χ2n) is 11.7. The number of benzene rings is 2. The molecule has 4 atom stereocenters. The van der Waals surface area contributed by atoms with E-state index in [9.17, 15) is 19.2 Å². The lowest BCUT2D eigenvalue weighted by Crippen LogP contribution is -2.61. The number of ether oxygens (including phenoxy) is 2. The summed E-state index contributed by atoms with van der Waals surface area (Å²) in [6.07, 6.45) is 3.08. The number of hydrogen-bond donors (Lipinski definition) is 0. The normalized spacial score (nSPS) is 26.3. The number of anilines is 1. The van der Waals surface area contributed by atoms with E-state index in [1.54, 1.807) is 40.1 Å². The van der Waals surface area contributed by atoms with Gasteiger partial charge in [0, 0.05) is 50.6 Å². The molecule has 3 fully saturated rings. The highest BCUT2D eigenvalue weighted by molar-refractivity contribution is 6.18. The molecule has 2 aromatic carbocycles.